The van der Waals surface area contributed by atoms with Crippen molar-refractivity contribution in [2.24, 2.45) is 0 Å². The van der Waals surface area contributed by atoms with E-state index in [1.54, 1.807) is 7.11 Å². The highest BCUT2D eigenvalue weighted by Crippen LogP contribution is 2.27. The van der Waals surface area contributed by atoms with Crippen molar-refractivity contribution in [1.82, 2.24) is 20.2 Å². The summed E-state index contributed by atoms with van der Waals surface area (Å²) < 4.78 is 5.39. The number of fused-ring (bicyclic) bond motifs is 1. The van der Waals surface area contributed by atoms with Crippen LogP contribution in [-0.4, -0.2) is 47.5 Å². The molecule has 152 valence electrons. The van der Waals surface area contributed by atoms with E-state index in [1.165, 1.54) is 18.4 Å². The minimum Gasteiger partial charge on any atom is -0.497 e. The Morgan fingerprint density at radius 1 is 1.21 bits per heavy atom. The Kier molecular flexibility index (Phi) is 6.10. The normalized spacial score (nSPS) is 15.5. The molecule has 1 unspecified atom stereocenters. The number of H-pyrrole nitrogens is 1. The maximum atomic E-state index is 12.5. The van der Waals surface area contributed by atoms with Crippen molar-refractivity contribution < 1.29 is 9.53 Å². The molecule has 4 rings (SSSR count). The SMILES string of the molecule is COc1cccc(C(CNC(=O)CCc2nc3ccccc3[nH]2)N2CCCC2)c1. The van der Waals surface area contributed by atoms with Gasteiger partial charge in [0, 0.05) is 19.4 Å². The summed E-state index contributed by atoms with van der Waals surface area (Å²) in [6.45, 7) is 2.74. The van der Waals surface area contributed by atoms with Crippen LogP contribution < -0.4 is 10.1 Å². The number of para-hydroxylation sites is 2. The molecule has 1 fully saturated rings. The molecule has 2 heterocycles. The van der Waals surface area contributed by atoms with Crippen LogP contribution in [0, 0.1) is 0 Å². The van der Waals surface area contributed by atoms with Crippen molar-refractivity contribution in [3.05, 3.63) is 59.9 Å². The summed E-state index contributed by atoms with van der Waals surface area (Å²) in [7, 11) is 1.68. The Labute approximate surface area is 171 Å². The lowest BCUT2D eigenvalue weighted by Crippen LogP contribution is -2.36. The zero-order valence-electron chi connectivity index (χ0n) is 16.9. The molecule has 2 N–H and O–H groups in total. The lowest BCUT2D eigenvalue weighted by Gasteiger charge is -2.28. The number of hydrogen-bond donors (Lipinski definition) is 2. The number of carbonyl (C=O) groups is 1. The fourth-order valence-electron chi connectivity index (χ4n) is 4.01. The topological polar surface area (TPSA) is 70.2 Å². The van der Waals surface area contributed by atoms with Gasteiger partial charge in [0.25, 0.3) is 0 Å². The van der Waals surface area contributed by atoms with Gasteiger partial charge < -0.3 is 15.0 Å². The summed E-state index contributed by atoms with van der Waals surface area (Å²) in [6, 6.07) is 16.3. The number of aromatic amines is 1. The standard InChI is InChI=1S/C23H28N4O2/c1-29-18-8-6-7-17(15-18)21(27-13-4-5-14-27)16-24-23(28)12-11-22-25-19-9-2-3-10-20(19)26-22/h2-3,6-10,15,21H,4-5,11-14,16H2,1H3,(H,24,28)(H,25,26). The second-order valence-electron chi connectivity index (χ2n) is 7.54. The number of hydrogen-bond acceptors (Lipinski definition) is 4. The number of rotatable bonds is 8. The van der Waals surface area contributed by atoms with Crippen LogP contribution in [0.25, 0.3) is 11.0 Å². The van der Waals surface area contributed by atoms with Gasteiger partial charge in [0.1, 0.15) is 11.6 Å². The summed E-state index contributed by atoms with van der Waals surface area (Å²) in [5, 5.41) is 3.14. The van der Waals surface area contributed by atoms with Crippen molar-refractivity contribution in [2.45, 2.75) is 31.7 Å². The van der Waals surface area contributed by atoms with Gasteiger partial charge in [-0.05, 0) is 55.8 Å². The monoisotopic (exact) mass is 392 g/mol. The van der Waals surface area contributed by atoms with Gasteiger partial charge >= 0.3 is 0 Å². The molecule has 6 heteroatoms. The molecule has 0 saturated carbocycles. The third-order valence-electron chi connectivity index (χ3n) is 5.58. The van der Waals surface area contributed by atoms with Gasteiger partial charge in [0.2, 0.25) is 5.91 Å². The number of likely N-dealkylation sites (tertiary alicyclic amines) is 1. The van der Waals surface area contributed by atoms with Crippen molar-refractivity contribution >= 4 is 16.9 Å². The number of carbonyl (C=O) groups excluding carboxylic acids is 1. The Hall–Kier alpha value is -2.86. The molecule has 6 nitrogen and oxygen atoms in total. The van der Waals surface area contributed by atoms with Crippen molar-refractivity contribution in [3.63, 3.8) is 0 Å². The lowest BCUT2D eigenvalue weighted by atomic mass is 10.0. The molecule has 1 saturated heterocycles. The average Bonchev–Trinajstić information content (AvgIpc) is 3.42. The van der Waals surface area contributed by atoms with E-state index in [0.717, 1.165) is 35.7 Å². The first-order valence-corrected chi connectivity index (χ1v) is 10.3. The third-order valence-corrected chi connectivity index (χ3v) is 5.58. The number of aromatic nitrogens is 2. The Balaban J connectivity index is 1.36. The van der Waals surface area contributed by atoms with Gasteiger partial charge in [-0.1, -0.05) is 24.3 Å². The predicted molar refractivity (Wildman–Crippen MR) is 114 cm³/mol. The first kappa shape index (κ1) is 19.5. The Bertz CT molecular complexity index is 929. The van der Waals surface area contributed by atoms with Crippen LogP contribution in [0.15, 0.2) is 48.5 Å². The molecule has 0 spiro atoms. The maximum absolute atomic E-state index is 12.5. The van der Waals surface area contributed by atoms with Gasteiger partial charge in [-0.25, -0.2) is 4.98 Å². The van der Waals surface area contributed by atoms with Crippen molar-refractivity contribution in [3.8, 4) is 5.75 Å². The van der Waals surface area contributed by atoms with Crippen LogP contribution in [-0.2, 0) is 11.2 Å². The van der Waals surface area contributed by atoms with Crippen LogP contribution in [0.2, 0.25) is 0 Å². The number of ether oxygens (including phenoxy) is 1. The highest BCUT2D eigenvalue weighted by Gasteiger charge is 2.24. The summed E-state index contributed by atoms with van der Waals surface area (Å²) in [5.41, 5.74) is 3.13. The molecule has 2 aromatic carbocycles. The van der Waals surface area contributed by atoms with E-state index in [9.17, 15) is 4.79 Å². The van der Waals surface area contributed by atoms with Crippen LogP contribution in [0.5, 0.6) is 5.75 Å². The quantitative estimate of drug-likeness (QED) is 0.616. The van der Waals surface area contributed by atoms with Crippen LogP contribution in [0.4, 0.5) is 0 Å². The second-order valence-corrected chi connectivity index (χ2v) is 7.54. The molecule has 0 aliphatic carbocycles. The molecule has 1 aliphatic rings. The molecule has 0 radical (unpaired) electrons. The number of imidazole rings is 1. The number of nitrogens with zero attached hydrogens (tertiary/aromatic N) is 2. The fraction of sp³-hybridized carbons (Fsp3) is 0.391. The minimum atomic E-state index is 0.0533. The summed E-state index contributed by atoms with van der Waals surface area (Å²) >= 11 is 0. The fourth-order valence-corrected chi connectivity index (χ4v) is 4.01. The van der Waals surface area contributed by atoms with Crippen molar-refractivity contribution in [2.75, 3.05) is 26.7 Å². The molecule has 1 atom stereocenters. The van der Waals surface area contributed by atoms with E-state index < -0.39 is 0 Å². The Morgan fingerprint density at radius 3 is 2.83 bits per heavy atom. The number of methoxy groups -OCH3 is 1. The van der Waals surface area contributed by atoms with Gasteiger partial charge in [-0.15, -0.1) is 0 Å². The zero-order chi connectivity index (χ0) is 20.1. The third kappa shape index (κ3) is 4.77. The number of amides is 1. The zero-order valence-corrected chi connectivity index (χ0v) is 16.9. The molecule has 1 aromatic heterocycles. The van der Waals surface area contributed by atoms with Crippen molar-refractivity contribution in [1.29, 1.82) is 0 Å². The lowest BCUT2D eigenvalue weighted by molar-refractivity contribution is -0.121. The van der Waals surface area contributed by atoms with Crippen LogP contribution in [0.3, 0.4) is 0 Å². The first-order chi connectivity index (χ1) is 14.2. The maximum Gasteiger partial charge on any atom is 0.220 e. The number of nitrogens with one attached hydrogen (secondary N) is 2. The summed E-state index contributed by atoms with van der Waals surface area (Å²) in [4.78, 5) is 22.8. The van der Waals surface area contributed by atoms with Crippen LogP contribution >= 0.6 is 0 Å². The second kappa shape index (κ2) is 9.09. The Morgan fingerprint density at radius 2 is 2.03 bits per heavy atom. The molecular formula is C23H28N4O2. The summed E-state index contributed by atoms with van der Waals surface area (Å²) in [6.07, 6.45) is 3.44. The van der Waals surface area contributed by atoms with Gasteiger partial charge in [0.05, 0.1) is 24.2 Å². The number of aryl methyl sites for hydroxylation is 1. The largest absolute Gasteiger partial charge is 0.497 e. The summed E-state index contributed by atoms with van der Waals surface area (Å²) in [5.74, 6) is 1.76. The highest BCUT2D eigenvalue weighted by molar-refractivity contribution is 5.77. The predicted octanol–water partition coefficient (Wildman–Crippen LogP) is 3.46. The molecule has 1 aliphatic heterocycles. The molecule has 1 amide bonds. The molecule has 0 bridgehead atoms. The van der Waals surface area contributed by atoms with Gasteiger partial charge in [0.15, 0.2) is 0 Å². The van der Waals surface area contributed by atoms with E-state index in [2.05, 4.69) is 32.3 Å². The van der Waals surface area contributed by atoms with Gasteiger partial charge in [-0.3, -0.25) is 9.69 Å². The average molecular weight is 393 g/mol. The minimum absolute atomic E-state index is 0.0533. The van der Waals surface area contributed by atoms with E-state index in [0.29, 0.717) is 19.4 Å². The van der Waals surface area contributed by atoms with Crippen LogP contribution in [0.1, 0.15) is 36.7 Å². The molecular weight excluding hydrogens is 364 g/mol. The van der Waals surface area contributed by atoms with E-state index in [4.69, 9.17) is 4.74 Å². The highest BCUT2D eigenvalue weighted by atomic mass is 16.5. The van der Waals surface area contributed by atoms with E-state index >= 15 is 0 Å². The smallest absolute Gasteiger partial charge is 0.220 e. The first-order valence-electron chi connectivity index (χ1n) is 10.3. The molecule has 29 heavy (non-hydrogen) atoms. The molecule has 3 aromatic rings. The van der Waals surface area contributed by atoms with E-state index in [-0.39, 0.29) is 11.9 Å². The number of benzene rings is 2. The van der Waals surface area contributed by atoms with E-state index in [1.807, 2.05) is 36.4 Å². The van der Waals surface area contributed by atoms with Gasteiger partial charge in [-0.2, -0.15) is 0 Å².